The van der Waals surface area contributed by atoms with E-state index in [0.29, 0.717) is 31.1 Å². The quantitative estimate of drug-likeness (QED) is 0.640. The van der Waals surface area contributed by atoms with Crippen molar-refractivity contribution in [3.63, 3.8) is 0 Å². The Balaban J connectivity index is 1.71. The van der Waals surface area contributed by atoms with E-state index in [1.807, 2.05) is 24.4 Å². The molecule has 0 aliphatic carbocycles. The average molecular weight is 423 g/mol. The van der Waals surface area contributed by atoms with Crippen LogP contribution in [-0.2, 0) is 14.8 Å². The van der Waals surface area contributed by atoms with Crippen LogP contribution in [0.2, 0.25) is 0 Å². The lowest BCUT2D eigenvalue weighted by molar-refractivity contribution is -0.684. The lowest BCUT2D eigenvalue weighted by Crippen LogP contribution is -2.86. The third-order valence-electron chi connectivity index (χ3n) is 4.86. The molecule has 0 radical (unpaired) electrons. The van der Waals surface area contributed by atoms with E-state index in [4.69, 9.17) is 9.15 Å². The third kappa shape index (κ3) is 5.17. The Morgan fingerprint density at radius 1 is 1.31 bits per heavy atom. The van der Waals surface area contributed by atoms with Gasteiger partial charge in [-0.25, -0.2) is 8.42 Å². The number of anilines is 1. The Morgan fingerprint density at radius 3 is 2.72 bits per heavy atom. The van der Waals surface area contributed by atoms with Gasteiger partial charge in [-0.15, -0.1) is 0 Å². The molecular formula is C20H28N3O5S+. The number of nitrogens with zero attached hydrogens (tertiary/aromatic N) is 1. The van der Waals surface area contributed by atoms with Gasteiger partial charge in [-0.05, 0) is 57.0 Å². The molecule has 1 fully saturated rings. The molecule has 3 rings (SSSR count). The van der Waals surface area contributed by atoms with Crippen molar-refractivity contribution < 1.29 is 27.7 Å². The molecule has 2 heterocycles. The maximum Gasteiger partial charge on any atom is 0.279 e. The molecule has 8 nitrogen and oxygen atoms in total. The van der Waals surface area contributed by atoms with Crippen molar-refractivity contribution in [2.75, 3.05) is 31.6 Å². The highest BCUT2D eigenvalue weighted by Gasteiger charge is 2.30. The molecule has 1 aliphatic rings. The van der Waals surface area contributed by atoms with Crippen LogP contribution >= 0.6 is 0 Å². The fourth-order valence-corrected chi connectivity index (χ4v) is 4.97. The number of hydrogen-bond donors (Lipinski definition) is 2. The summed E-state index contributed by atoms with van der Waals surface area (Å²) < 4.78 is 38.4. The molecular weight excluding hydrogens is 394 g/mol. The lowest BCUT2D eigenvalue weighted by Gasteiger charge is -2.19. The molecule has 3 N–H and O–H groups in total. The smallest absolute Gasteiger partial charge is 0.279 e. The summed E-state index contributed by atoms with van der Waals surface area (Å²) in [5.74, 6) is 0.866. The predicted octanol–water partition coefficient (Wildman–Crippen LogP) is 1.73. The molecule has 1 aromatic heterocycles. The van der Waals surface area contributed by atoms with Gasteiger partial charge in [0.25, 0.3) is 5.91 Å². The summed E-state index contributed by atoms with van der Waals surface area (Å²) in [6.07, 6.45) is 3.30. The zero-order chi connectivity index (χ0) is 20.9. The van der Waals surface area contributed by atoms with Crippen molar-refractivity contribution in [1.29, 1.82) is 0 Å². The number of carbonyl (C=O) groups is 1. The molecule has 158 valence electrons. The van der Waals surface area contributed by atoms with E-state index in [9.17, 15) is 13.2 Å². The fraction of sp³-hybridized carbons (Fsp3) is 0.450. The van der Waals surface area contributed by atoms with Crippen LogP contribution in [-0.4, -0.2) is 44.9 Å². The summed E-state index contributed by atoms with van der Waals surface area (Å²) in [6, 6.07) is 8.40. The van der Waals surface area contributed by atoms with E-state index < -0.39 is 10.0 Å². The largest absolute Gasteiger partial charge is 0.492 e. The van der Waals surface area contributed by atoms with Gasteiger partial charge < -0.3 is 19.8 Å². The lowest BCUT2D eigenvalue weighted by atomic mass is 10.2. The maximum atomic E-state index is 13.0. The molecule has 2 aromatic rings. The average Bonchev–Trinajstić information content (AvgIpc) is 3.41. The summed E-state index contributed by atoms with van der Waals surface area (Å²) in [5.41, 5.74) is 0.426. The van der Waals surface area contributed by atoms with E-state index in [1.165, 1.54) is 10.4 Å². The number of ether oxygens (including phenoxy) is 1. The Morgan fingerprint density at radius 2 is 2.07 bits per heavy atom. The summed E-state index contributed by atoms with van der Waals surface area (Å²) in [4.78, 5) is 12.4. The highest BCUT2D eigenvalue weighted by atomic mass is 32.2. The van der Waals surface area contributed by atoms with E-state index in [-0.39, 0.29) is 23.4 Å². The van der Waals surface area contributed by atoms with E-state index in [1.54, 1.807) is 25.3 Å². The standard InChI is InChI=1S/C20H27N3O5S/c1-3-27-18-9-8-16(13-19(18)29(25,26)23-10-4-5-11-23)22-20(24)14-21-15(2)17-7-6-12-28-17/h6-9,12-13,15,21H,3-5,10-11,14H2,1-2H3,(H,22,24)/p+1/t15-/m0/s1. The molecule has 0 bridgehead atoms. The Hall–Kier alpha value is -2.36. The first-order chi connectivity index (χ1) is 13.9. The van der Waals surface area contributed by atoms with Gasteiger partial charge in [0.05, 0.1) is 12.9 Å². The van der Waals surface area contributed by atoms with Crippen molar-refractivity contribution in [2.24, 2.45) is 0 Å². The summed E-state index contributed by atoms with van der Waals surface area (Å²) in [6.45, 7) is 5.30. The SMILES string of the molecule is CCOc1ccc(NC(=O)C[NH2+][C@@H](C)c2ccco2)cc1S(=O)(=O)N1CCCC1. The molecule has 1 saturated heterocycles. The minimum Gasteiger partial charge on any atom is -0.492 e. The second kappa shape index (κ2) is 9.43. The van der Waals surface area contributed by atoms with Crippen molar-refractivity contribution in [3.05, 3.63) is 42.4 Å². The van der Waals surface area contributed by atoms with Gasteiger partial charge in [-0.3, -0.25) is 4.79 Å². The molecule has 1 atom stereocenters. The topological polar surface area (TPSA) is 105 Å². The van der Waals surface area contributed by atoms with E-state index in [0.717, 1.165) is 18.6 Å². The number of hydrogen-bond acceptors (Lipinski definition) is 5. The summed E-state index contributed by atoms with van der Waals surface area (Å²) in [7, 11) is -3.67. The van der Waals surface area contributed by atoms with Gasteiger partial charge in [0.15, 0.2) is 12.3 Å². The minimum atomic E-state index is -3.67. The van der Waals surface area contributed by atoms with Gasteiger partial charge >= 0.3 is 0 Å². The molecule has 1 aromatic carbocycles. The number of nitrogens with one attached hydrogen (secondary N) is 1. The van der Waals surface area contributed by atoms with Crippen LogP contribution in [0.25, 0.3) is 0 Å². The summed E-state index contributed by atoms with van der Waals surface area (Å²) >= 11 is 0. The number of rotatable bonds is 9. The second-order valence-corrected chi connectivity index (χ2v) is 8.90. The number of amides is 1. The Kier molecular flexibility index (Phi) is 6.94. The Labute approximate surface area is 171 Å². The molecule has 0 spiro atoms. The number of furan rings is 1. The van der Waals surface area contributed by atoms with Crippen LogP contribution in [0.4, 0.5) is 5.69 Å². The molecule has 1 amide bonds. The van der Waals surface area contributed by atoms with Gasteiger partial charge in [0, 0.05) is 18.8 Å². The van der Waals surface area contributed by atoms with E-state index >= 15 is 0 Å². The zero-order valence-electron chi connectivity index (χ0n) is 16.8. The van der Waals surface area contributed by atoms with Gasteiger partial charge in [0.2, 0.25) is 10.0 Å². The number of quaternary nitrogens is 1. The number of benzene rings is 1. The van der Waals surface area contributed by atoms with Gasteiger partial charge in [-0.1, -0.05) is 0 Å². The highest BCUT2D eigenvalue weighted by molar-refractivity contribution is 7.89. The number of nitrogens with two attached hydrogens (primary N) is 1. The number of carbonyl (C=O) groups excluding carboxylic acids is 1. The minimum absolute atomic E-state index is 0.00202. The maximum absolute atomic E-state index is 13.0. The van der Waals surface area contributed by atoms with Crippen molar-refractivity contribution >= 4 is 21.6 Å². The third-order valence-corrected chi connectivity index (χ3v) is 6.78. The number of sulfonamides is 1. The molecule has 0 saturated carbocycles. The van der Waals surface area contributed by atoms with E-state index in [2.05, 4.69) is 5.32 Å². The monoisotopic (exact) mass is 422 g/mol. The normalized spacial score (nSPS) is 15.9. The first kappa shape index (κ1) is 21.4. The first-order valence-electron chi connectivity index (χ1n) is 9.85. The highest BCUT2D eigenvalue weighted by Crippen LogP contribution is 2.31. The van der Waals surface area contributed by atoms with Gasteiger partial charge in [0.1, 0.15) is 16.7 Å². The van der Waals surface area contributed by atoms with Crippen LogP contribution < -0.4 is 15.4 Å². The Bertz CT molecular complexity index is 922. The van der Waals surface area contributed by atoms with Crippen molar-refractivity contribution in [3.8, 4) is 5.75 Å². The van der Waals surface area contributed by atoms with Crippen LogP contribution in [0.5, 0.6) is 5.75 Å². The molecule has 29 heavy (non-hydrogen) atoms. The van der Waals surface area contributed by atoms with Crippen LogP contribution in [0, 0.1) is 0 Å². The van der Waals surface area contributed by atoms with Crippen LogP contribution in [0.3, 0.4) is 0 Å². The molecule has 0 unspecified atom stereocenters. The predicted molar refractivity (Wildman–Crippen MR) is 108 cm³/mol. The van der Waals surface area contributed by atoms with Crippen molar-refractivity contribution in [2.45, 2.75) is 37.6 Å². The van der Waals surface area contributed by atoms with Crippen LogP contribution in [0.1, 0.15) is 38.5 Å². The zero-order valence-corrected chi connectivity index (χ0v) is 17.6. The first-order valence-corrected chi connectivity index (χ1v) is 11.3. The van der Waals surface area contributed by atoms with Crippen LogP contribution in [0.15, 0.2) is 45.9 Å². The van der Waals surface area contributed by atoms with Gasteiger partial charge in [-0.2, -0.15) is 4.31 Å². The molecule has 1 aliphatic heterocycles. The second-order valence-electron chi connectivity index (χ2n) is 7.00. The van der Waals surface area contributed by atoms with Crippen molar-refractivity contribution in [1.82, 2.24) is 4.31 Å². The summed E-state index contributed by atoms with van der Waals surface area (Å²) in [5, 5.41) is 4.63. The molecule has 9 heteroatoms. The fourth-order valence-electron chi connectivity index (χ4n) is 3.29.